The van der Waals surface area contributed by atoms with Crippen molar-refractivity contribution in [1.82, 2.24) is 0 Å². The van der Waals surface area contributed by atoms with Crippen molar-refractivity contribution in [2.75, 3.05) is 0 Å². The number of hydrogen-bond acceptors (Lipinski definition) is 7. The van der Waals surface area contributed by atoms with Crippen LogP contribution in [0.2, 0.25) is 0 Å². The van der Waals surface area contributed by atoms with Gasteiger partial charge in [0.1, 0.15) is 12.2 Å². The highest BCUT2D eigenvalue weighted by Gasteiger charge is 2.53. The van der Waals surface area contributed by atoms with E-state index in [4.69, 9.17) is 9.47 Å². The van der Waals surface area contributed by atoms with Crippen LogP contribution in [0.5, 0.6) is 0 Å². The molecule has 0 amide bonds. The zero-order valence-corrected chi connectivity index (χ0v) is 18.7. The standard InChI is InChI=1S/C24H28O7/c1-12-18(30-13(2)25)10-16-19(31-14(3)26)9-15-11-24(6,8-7-17(15)27)22(29)21(28)20(12)23(16,4)5/h7-9,16,18-19H,10-11H2,1-6H3/b15-9+/t16-,18-,19-,24+/m0/s1. The van der Waals surface area contributed by atoms with E-state index in [1.54, 1.807) is 19.9 Å². The first-order valence-electron chi connectivity index (χ1n) is 10.4. The SMILES string of the molecule is CC(=O)O[C@H]1C[C@H]2[C@@H](OC(C)=O)/C=C3\C[C@@](C)(C=CC3=O)C(=O)C(=O)C(=C1C)C2(C)C. The average Bonchev–Trinajstić information content (AvgIpc) is 2.64. The minimum Gasteiger partial charge on any atom is -0.458 e. The first-order chi connectivity index (χ1) is 14.3. The van der Waals surface area contributed by atoms with E-state index < -0.39 is 52.5 Å². The van der Waals surface area contributed by atoms with Crippen LogP contribution in [0.3, 0.4) is 0 Å². The summed E-state index contributed by atoms with van der Waals surface area (Å²) in [6.07, 6.45) is 3.15. The van der Waals surface area contributed by atoms with Crippen molar-refractivity contribution in [2.24, 2.45) is 16.7 Å². The quantitative estimate of drug-likeness (QED) is 0.492. The molecule has 0 saturated heterocycles. The van der Waals surface area contributed by atoms with Crippen molar-refractivity contribution in [3.05, 3.63) is 34.9 Å². The Balaban J connectivity index is 2.31. The molecule has 3 aliphatic carbocycles. The number of Topliss-reactive ketones (excluding diaryl/α,β-unsaturated/α-hetero) is 2. The fourth-order valence-electron chi connectivity index (χ4n) is 5.11. The van der Waals surface area contributed by atoms with E-state index in [2.05, 4.69) is 0 Å². The van der Waals surface area contributed by atoms with E-state index in [9.17, 15) is 24.0 Å². The number of carbonyl (C=O) groups is 5. The van der Waals surface area contributed by atoms with Gasteiger partial charge in [0.25, 0.3) is 0 Å². The number of ether oxygens (including phenoxy) is 2. The molecule has 0 fully saturated rings. The summed E-state index contributed by atoms with van der Waals surface area (Å²) >= 11 is 0. The minimum atomic E-state index is -1.19. The fraction of sp³-hybridized carbons (Fsp3) is 0.542. The molecule has 0 aliphatic heterocycles. The van der Waals surface area contributed by atoms with Crippen LogP contribution in [0.25, 0.3) is 0 Å². The number of esters is 2. The largest absolute Gasteiger partial charge is 0.458 e. The van der Waals surface area contributed by atoms with E-state index in [0.29, 0.717) is 11.1 Å². The summed E-state index contributed by atoms with van der Waals surface area (Å²) in [7, 11) is 0. The lowest BCUT2D eigenvalue weighted by atomic mass is 9.59. The molecule has 0 saturated carbocycles. The summed E-state index contributed by atoms with van der Waals surface area (Å²) < 4.78 is 11.1. The van der Waals surface area contributed by atoms with E-state index in [-0.39, 0.29) is 24.2 Å². The van der Waals surface area contributed by atoms with E-state index in [1.165, 1.54) is 26.0 Å². The molecule has 166 valence electrons. The summed E-state index contributed by atoms with van der Waals surface area (Å²) in [4.78, 5) is 63.1. The van der Waals surface area contributed by atoms with Crippen molar-refractivity contribution in [1.29, 1.82) is 0 Å². The Hall–Kier alpha value is -2.83. The topological polar surface area (TPSA) is 104 Å². The smallest absolute Gasteiger partial charge is 0.303 e. The molecular weight excluding hydrogens is 400 g/mol. The Morgan fingerprint density at radius 2 is 1.65 bits per heavy atom. The van der Waals surface area contributed by atoms with Gasteiger partial charge >= 0.3 is 11.9 Å². The normalized spacial score (nSPS) is 34.1. The Morgan fingerprint density at radius 1 is 1.03 bits per heavy atom. The van der Waals surface area contributed by atoms with Gasteiger partial charge in [0, 0.05) is 36.3 Å². The Kier molecular flexibility index (Phi) is 5.67. The Bertz CT molecular complexity index is 978. The zero-order valence-electron chi connectivity index (χ0n) is 18.7. The maximum atomic E-state index is 13.6. The van der Waals surface area contributed by atoms with Crippen LogP contribution < -0.4 is 0 Å². The minimum absolute atomic E-state index is 0.0531. The monoisotopic (exact) mass is 428 g/mol. The molecule has 0 heterocycles. The van der Waals surface area contributed by atoms with Gasteiger partial charge in [0.15, 0.2) is 5.78 Å². The molecule has 4 atom stereocenters. The number of allylic oxidation sites excluding steroid dienone is 4. The van der Waals surface area contributed by atoms with Gasteiger partial charge in [0.2, 0.25) is 11.6 Å². The van der Waals surface area contributed by atoms with Gasteiger partial charge in [-0.2, -0.15) is 0 Å². The highest BCUT2D eigenvalue weighted by atomic mass is 16.5. The summed E-state index contributed by atoms with van der Waals surface area (Å²) in [5, 5.41) is 0. The molecule has 0 aromatic carbocycles. The second-order valence-corrected chi connectivity index (χ2v) is 9.44. The molecule has 0 aromatic heterocycles. The maximum absolute atomic E-state index is 13.6. The van der Waals surface area contributed by atoms with Crippen LogP contribution in [0, 0.1) is 16.7 Å². The predicted octanol–water partition coefficient (Wildman–Crippen LogP) is 2.83. The number of fused-ring (bicyclic) bond motifs is 4. The molecule has 31 heavy (non-hydrogen) atoms. The van der Waals surface area contributed by atoms with Crippen molar-refractivity contribution < 1.29 is 33.4 Å². The molecule has 3 aliphatic rings. The molecule has 0 N–H and O–H groups in total. The summed E-state index contributed by atoms with van der Waals surface area (Å²) in [5.41, 5.74) is -0.935. The highest BCUT2D eigenvalue weighted by Crippen LogP contribution is 2.50. The molecule has 4 bridgehead atoms. The highest BCUT2D eigenvalue weighted by molar-refractivity contribution is 6.46. The maximum Gasteiger partial charge on any atom is 0.303 e. The molecule has 0 unspecified atom stereocenters. The average molecular weight is 428 g/mol. The van der Waals surface area contributed by atoms with Gasteiger partial charge in [-0.05, 0) is 44.4 Å². The molecular formula is C24H28O7. The molecule has 0 aromatic rings. The third-order valence-corrected chi connectivity index (χ3v) is 6.72. The van der Waals surface area contributed by atoms with Crippen LogP contribution in [-0.4, -0.2) is 41.5 Å². The predicted molar refractivity (Wildman–Crippen MR) is 111 cm³/mol. The third kappa shape index (κ3) is 3.93. The van der Waals surface area contributed by atoms with Crippen LogP contribution in [-0.2, 0) is 33.4 Å². The Morgan fingerprint density at radius 3 is 2.23 bits per heavy atom. The molecule has 0 spiro atoms. The second-order valence-electron chi connectivity index (χ2n) is 9.44. The second kappa shape index (κ2) is 7.70. The summed E-state index contributed by atoms with van der Waals surface area (Å²) in [6, 6.07) is 0. The van der Waals surface area contributed by atoms with Crippen molar-refractivity contribution >= 4 is 29.3 Å². The third-order valence-electron chi connectivity index (χ3n) is 6.72. The van der Waals surface area contributed by atoms with Crippen LogP contribution in [0.4, 0.5) is 0 Å². The van der Waals surface area contributed by atoms with Crippen molar-refractivity contribution in [2.45, 2.75) is 66.6 Å². The van der Waals surface area contributed by atoms with Gasteiger partial charge in [-0.25, -0.2) is 0 Å². The summed E-state index contributed by atoms with van der Waals surface area (Å²) in [6.45, 7) is 9.51. The number of carbonyl (C=O) groups excluding carboxylic acids is 5. The number of hydrogen-bond donors (Lipinski definition) is 0. The van der Waals surface area contributed by atoms with Crippen LogP contribution in [0.1, 0.15) is 54.4 Å². The lowest BCUT2D eigenvalue weighted by Gasteiger charge is -2.47. The van der Waals surface area contributed by atoms with Gasteiger partial charge in [0.05, 0.1) is 5.41 Å². The van der Waals surface area contributed by atoms with Gasteiger partial charge in [-0.3, -0.25) is 24.0 Å². The fourth-order valence-corrected chi connectivity index (χ4v) is 5.11. The first-order valence-corrected chi connectivity index (χ1v) is 10.4. The van der Waals surface area contributed by atoms with E-state index >= 15 is 0 Å². The van der Waals surface area contributed by atoms with Gasteiger partial charge in [-0.15, -0.1) is 0 Å². The van der Waals surface area contributed by atoms with Gasteiger partial charge < -0.3 is 9.47 Å². The van der Waals surface area contributed by atoms with Crippen LogP contribution in [0.15, 0.2) is 34.9 Å². The number of ketones is 3. The van der Waals surface area contributed by atoms with Crippen LogP contribution >= 0.6 is 0 Å². The van der Waals surface area contributed by atoms with Gasteiger partial charge in [-0.1, -0.05) is 19.9 Å². The number of rotatable bonds is 2. The first kappa shape index (κ1) is 22.8. The van der Waals surface area contributed by atoms with E-state index in [1.807, 2.05) is 13.8 Å². The Labute approximate surface area is 181 Å². The van der Waals surface area contributed by atoms with E-state index in [0.717, 1.165) is 0 Å². The lowest BCUT2D eigenvalue weighted by Crippen LogP contribution is -2.50. The molecule has 0 radical (unpaired) electrons. The summed E-state index contributed by atoms with van der Waals surface area (Å²) in [5.74, 6) is -3.10. The molecule has 7 heteroatoms. The zero-order chi connectivity index (χ0) is 23.3. The van der Waals surface area contributed by atoms with Crippen molar-refractivity contribution in [3.63, 3.8) is 0 Å². The lowest BCUT2D eigenvalue weighted by molar-refractivity contribution is -0.154. The molecule has 7 nitrogen and oxygen atoms in total. The van der Waals surface area contributed by atoms with Crippen molar-refractivity contribution in [3.8, 4) is 0 Å². The molecule has 3 rings (SSSR count).